The van der Waals surface area contributed by atoms with Crippen LogP contribution in [0.1, 0.15) is 0 Å². The van der Waals surface area contributed by atoms with E-state index >= 15 is 0 Å². The Morgan fingerprint density at radius 1 is 0.308 bits per heavy atom. The summed E-state index contributed by atoms with van der Waals surface area (Å²) >= 11 is 3.59. The van der Waals surface area contributed by atoms with Crippen molar-refractivity contribution in [2.24, 2.45) is 0 Å². The van der Waals surface area contributed by atoms with Crippen LogP contribution in [-0.2, 0) is 0 Å². The van der Waals surface area contributed by atoms with Crippen LogP contribution in [0, 0.1) is 7.14 Å². The summed E-state index contributed by atoms with van der Waals surface area (Å²) in [7, 11) is 0. The van der Waals surface area contributed by atoms with Crippen LogP contribution in [0.3, 0.4) is 0 Å². The van der Waals surface area contributed by atoms with Crippen molar-refractivity contribution in [2.75, 3.05) is 4.90 Å². The number of rotatable bonds is 3. The van der Waals surface area contributed by atoms with Crippen molar-refractivity contribution in [1.82, 2.24) is 0 Å². The van der Waals surface area contributed by atoms with E-state index in [-0.39, 0.29) is 21.2 Å². The first-order chi connectivity index (χ1) is 25.7. The van der Waals surface area contributed by atoms with Crippen molar-refractivity contribution in [2.45, 2.75) is 0 Å². The molecule has 1 aliphatic heterocycles. The van der Waals surface area contributed by atoms with Gasteiger partial charge in [-0.05, 0) is 6.07 Å². The number of nitrogens with zero attached hydrogens (tertiary/aromatic N) is 1. The van der Waals surface area contributed by atoms with E-state index in [2.05, 4.69) is 169 Å². The van der Waals surface area contributed by atoms with Crippen LogP contribution < -0.4 is 26.1 Å². The van der Waals surface area contributed by atoms with E-state index in [4.69, 9.17) is 0 Å². The van der Waals surface area contributed by atoms with Crippen molar-refractivity contribution < 1.29 is 21.2 Å². The quantitative estimate of drug-likeness (QED) is 0.127. The van der Waals surface area contributed by atoms with Crippen molar-refractivity contribution >= 4 is 112 Å². The first-order valence-corrected chi connectivity index (χ1v) is 21.3. The number of hydrogen-bond donors (Lipinski definition) is 0. The predicted molar refractivity (Wildman–Crippen MR) is 222 cm³/mol. The molecule has 11 aromatic rings. The van der Waals surface area contributed by atoms with E-state index < -0.39 is 0 Å². The summed E-state index contributed by atoms with van der Waals surface area (Å²) in [5.74, 6) is 0. The molecule has 1 nitrogen and oxygen atoms in total. The van der Waals surface area contributed by atoms with Gasteiger partial charge in [0.2, 0.25) is 0 Å². The fraction of sp³-hybridized carbons (Fsp3) is 0. The van der Waals surface area contributed by atoms with Crippen LogP contribution in [0.4, 0.5) is 17.1 Å². The number of anilines is 3. The second kappa shape index (κ2) is 11.1. The first kappa shape index (κ1) is 29.3. The van der Waals surface area contributed by atoms with Gasteiger partial charge in [0.1, 0.15) is 0 Å². The predicted octanol–water partition coefficient (Wildman–Crippen LogP) is 11.5. The minimum absolute atomic E-state index is 0.180. The molecule has 52 heavy (non-hydrogen) atoms. The van der Waals surface area contributed by atoms with E-state index in [1.807, 2.05) is 22.7 Å². The molecule has 0 bridgehead atoms. The van der Waals surface area contributed by atoms with E-state index in [0.717, 1.165) is 0 Å². The third-order valence-corrected chi connectivity index (χ3v) is 16.1. The van der Waals surface area contributed by atoms with Crippen LogP contribution in [-0.4, -0.2) is 0 Å². The Morgan fingerprint density at radius 3 is 1.62 bits per heavy atom. The zero-order valence-electron chi connectivity index (χ0n) is 27.7. The van der Waals surface area contributed by atoms with Gasteiger partial charge in [0, 0.05) is 4.70 Å². The topological polar surface area (TPSA) is 3.24 Å². The molecule has 0 saturated heterocycles. The Hall–Kier alpha value is -5.27. The van der Waals surface area contributed by atoms with Crippen LogP contribution >= 0.6 is 22.7 Å². The molecule has 2 aromatic heterocycles. The van der Waals surface area contributed by atoms with E-state index in [9.17, 15) is 0 Å². The molecule has 0 aliphatic carbocycles. The number of fused-ring (bicyclic) bond motifs is 15. The van der Waals surface area contributed by atoms with Gasteiger partial charge in [0.05, 0.1) is 0 Å². The second-order valence-electron chi connectivity index (χ2n) is 13.6. The zero-order valence-corrected chi connectivity index (χ0v) is 31.5. The standard InChI is InChI=1S/C48H27INS2/c1-2-10-32-31(9-1)33-20-17-28(23-37(33)38-26-42-36-13-5-8-16-46(36)52-48(42)27-39(32)38)50(29-18-21-44-40(24-29)34-11-3-6-14-43(34)49-44)30-19-22-47-41(25-30)35-12-4-7-15-45(35)51-47/h1-27H/q-1. The SMILES string of the molecule is c1ccc2c(c1)[I-]c1ccc(N(c3ccc4sc5ccccc5c4c3)c3ccc4c5ccccc5c5cc6sc7ccccc7c6cc5c4c3)cc1-2. The molecule has 0 spiro atoms. The van der Waals surface area contributed by atoms with E-state index in [1.165, 1.54) is 108 Å². The molecule has 4 heteroatoms. The maximum absolute atomic E-state index is 2.49. The Labute approximate surface area is 318 Å². The number of hydrogen-bond acceptors (Lipinski definition) is 3. The van der Waals surface area contributed by atoms with Gasteiger partial charge in [-0.2, -0.15) is 0 Å². The van der Waals surface area contributed by atoms with Gasteiger partial charge in [0.25, 0.3) is 0 Å². The van der Waals surface area contributed by atoms with Crippen molar-refractivity contribution in [3.05, 3.63) is 171 Å². The molecule has 0 N–H and O–H groups in total. The molecule has 0 amide bonds. The van der Waals surface area contributed by atoms with E-state index in [0.29, 0.717) is 0 Å². The van der Waals surface area contributed by atoms with Crippen molar-refractivity contribution in [1.29, 1.82) is 0 Å². The molecule has 1 aliphatic rings. The molecule has 0 atom stereocenters. The number of halogens is 1. The fourth-order valence-electron chi connectivity index (χ4n) is 8.41. The summed E-state index contributed by atoms with van der Waals surface area (Å²) in [6.45, 7) is 0. The third kappa shape index (κ3) is 4.26. The average molecular weight is 809 g/mol. The van der Waals surface area contributed by atoms with Gasteiger partial charge in [-0.3, -0.25) is 0 Å². The Bertz CT molecular complexity index is 3300. The third-order valence-electron chi connectivity index (χ3n) is 10.8. The summed E-state index contributed by atoms with van der Waals surface area (Å²) in [6.07, 6.45) is 0. The maximum atomic E-state index is 2.49. The van der Waals surface area contributed by atoms with Gasteiger partial charge in [0.15, 0.2) is 0 Å². The van der Waals surface area contributed by atoms with Gasteiger partial charge in [-0.25, -0.2) is 0 Å². The molecular formula is C48H27INS2-. The second-order valence-corrected chi connectivity index (χ2v) is 18.7. The summed E-state index contributed by atoms with van der Waals surface area (Å²) in [6, 6.07) is 61.9. The molecule has 0 unspecified atom stereocenters. The van der Waals surface area contributed by atoms with Crippen LogP contribution in [0.25, 0.3) is 83.8 Å². The monoisotopic (exact) mass is 808 g/mol. The molecule has 244 valence electrons. The normalized spacial score (nSPS) is 12.7. The fourth-order valence-corrected chi connectivity index (χ4v) is 13.5. The zero-order chi connectivity index (χ0) is 33.9. The van der Waals surface area contributed by atoms with Crippen LogP contribution in [0.2, 0.25) is 0 Å². The van der Waals surface area contributed by atoms with Crippen molar-refractivity contribution in [3.8, 4) is 11.1 Å². The van der Waals surface area contributed by atoms with Crippen LogP contribution in [0.5, 0.6) is 0 Å². The summed E-state index contributed by atoms with van der Waals surface area (Å²) in [5.41, 5.74) is 6.31. The Morgan fingerprint density at radius 2 is 0.808 bits per heavy atom. The average Bonchev–Trinajstić information content (AvgIpc) is 3.88. The Kier molecular flexibility index (Phi) is 6.27. The molecule has 12 rings (SSSR count). The number of benzene rings is 9. The van der Waals surface area contributed by atoms with Gasteiger partial charge in [-0.1, -0.05) is 24.3 Å². The molecule has 0 saturated carbocycles. The Balaban J connectivity index is 1.16. The molecule has 3 heterocycles. The molecular weight excluding hydrogens is 782 g/mol. The molecule has 0 radical (unpaired) electrons. The van der Waals surface area contributed by atoms with E-state index in [1.54, 1.807) is 0 Å². The first-order valence-electron chi connectivity index (χ1n) is 17.5. The minimum atomic E-state index is -0.180. The summed E-state index contributed by atoms with van der Waals surface area (Å²) in [4.78, 5) is 2.49. The molecule has 0 fully saturated rings. The molecule has 9 aromatic carbocycles. The van der Waals surface area contributed by atoms with Gasteiger partial charge in [-0.15, -0.1) is 11.3 Å². The van der Waals surface area contributed by atoms with Gasteiger partial charge < -0.3 is 0 Å². The summed E-state index contributed by atoms with van der Waals surface area (Å²) < 4.78 is 8.35. The van der Waals surface area contributed by atoms with Gasteiger partial charge >= 0.3 is 274 Å². The number of thiophene rings is 2. The van der Waals surface area contributed by atoms with Crippen LogP contribution in [0.15, 0.2) is 164 Å². The van der Waals surface area contributed by atoms with Crippen molar-refractivity contribution in [3.63, 3.8) is 0 Å². The summed E-state index contributed by atoms with van der Waals surface area (Å²) in [5, 5.41) is 13.1.